The lowest BCUT2D eigenvalue weighted by Gasteiger charge is -2.31. The van der Waals surface area contributed by atoms with Crippen LogP contribution in [0.3, 0.4) is 0 Å². The maximum Gasteiger partial charge on any atom is 0.319 e. The largest absolute Gasteiger partial charge is 0.453 e. The van der Waals surface area contributed by atoms with E-state index in [1.807, 2.05) is 38.2 Å². The number of piperidine rings is 1. The molecule has 1 saturated heterocycles. The van der Waals surface area contributed by atoms with Gasteiger partial charge < -0.3 is 15.4 Å². The zero-order chi connectivity index (χ0) is 30.6. The van der Waals surface area contributed by atoms with Gasteiger partial charge in [-0.15, -0.1) is 11.3 Å². The van der Waals surface area contributed by atoms with E-state index in [4.69, 9.17) is 4.74 Å². The van der Waals surface area contributed by atoms with Crippen LogP contribution in [-0.2, 0) is 16.6 Å². The third-order valence-electron chi connectivity index (χ3n) is 7.23. The number of hydrogen-bond acceptors (Lipinski definition) is 8. The highest BCUT2D eigenvalue weighted by Gasteiger charge is 2.22. The zero-order valence-corrected chi connectivity index (χ0v) is 25.9. The summed E-state index contributed by atoms with van der Waals surface area (Å²) in [6, 6.07) is 11.6. The Labute approximate surface area is 254 Å². The molecule has 13 heteroatoms. The number of nitrogens with zero attached hydrogens (tertiary/aromatic N) is 3. The fourth-order valence-corrected chi connectivity index (χ4v) is 6.71. The molecule has 1 aliphatic heterocycles. The Kier molecular flexibility index (Phi) is 9.55. The van der Waals surface area contributed by atoms with Crippen LogP contribution in [-0.4, -0.2) is 60.7 Å². The fourth-order valence-electron chi connectivity index (χ4n) is 4.83. The predicted octanol–water partition coefficient (Wildman–Crippen LogP) is 5.72. The van der Waals surface area contributed by atoms with Gasteiger partial charge in [0.15, 0.2) is 11.6 Å². The van der Waals surface area contributed by atoms with E-state index in [1.165, 1.54) is 29.7 Å². The Morgan fingerprint density at radius 2 is 1.93 bits per heavy atom. The van der Waals surface area contributed by atoms with Crippen molar-refractivity contribution >= 4 is 43.3 Å². The van der Waals surface area contributed by atoms with E-state index in [2.05, 4.69) is 30.2 Å². The SMILES string of the molecule is CCC(C)NC(=O)Nc1ccc(Oc2ccnc3cc(-c4ccc(CN5CCC(NS(C)(=O)=O)CC5)cn4)sc23)c(F)c1. The molecule has 1 unspecified atom stereocenters. The van der Waals surface area contributed by atoms with Crippen molar-refractivity contribution in [3.63, 3.8) is 0 Å². The van der Waals surface area contributed by atoms with Gasteiger partial charge in [-0.25, -0.2) is 22.3 Å². The van der Waals surface area contributed by atoms with E-state index in [0.29, 0.717) is 11.4 Å². The molecular formula is C30H35FN6O4S2. The minimum Gasteiger partial charge on any atom is -0.453 e. The molecule has 1 atom stereocenters. The fraction of sp³-hybridized carbons (Fsp3) is 0.367. The molecule has 5 rings (SSSR count). The molecule has 0 spiro atoms. The van der Waals surface area contributed by atoms with Gasteiger partial charge in [-0.05, 0) is 56.0 Å². The van der Waals surface area contributed by atoms with Gasteiger partial charge in [0.25, 0.3) is 0 Å². The second-order valence-electron chi connectivity index (χ2n) is 10.8. The first kappa shape index (κ1) is 30.8. The number of likely N-dealkylation sites (tertiary alicyclic amines) is 1. The number of hydrogen-bond donors (Lipinski definition) is 3. The number of fused-ring (bicyclic) bond motifs is 1. The Bertz CT molecular complexity index is 1690. The van der Waals surface area contributed by atoms with Crippen LogP contribution in [0.2, 0.25) is 0 Å². The smallest absolute Gasteiger partial charge is 0.319 e. The lowest BCUT2D eigenvalue weighted by atomic mass is 10.1. The average Bonchev–Trinajstić information content (AvgIpc) is 3.40. The number of sulfonamides is 1. The number of urea groups is 1. The molecule has 0 aliphatic carbocycles. The molecule has 43 heavy (non-hydrogen) atoms. The van der Waals surface area contributed by atoms with Crippen molar-refractivity contribution in [3.8, 4) is 22.1 Å². The van der Waals surface area contributed by atoms with Crippen LogP contribution >= 0.6 is 11.3 Å². The molecule has 4 aromatic rings. The number of ether oxygens (including phenoxy) is 1. The highest BCUT2D eigenvalue weighted by Crippen LogP contribution is 2.39. The molecule has 4 heterocycles. The minimum atomic E-state index is -3.19. The average molecular weight is 627 g/mol. The maximum atomic E-state index is 14.9. The quantitative estimate of drug-likeness (QED) is 0.206. The van der Waals surface area contributed by atoms with Crippen LogP contribution in [0.4, 0.5) is 14.9 Å². The number of nitrogens with one attached hydrogen (secondary N) is 3. The minimum absolute atomic E-state index is 0.00738. The summed E-state index contributed by atoms with van der Waals surface area (Å²) in [6.07, 6.45) is 7.01. The van der Waals surface area contributed by atoms with Crippen molar-refractivity contribution in [3.05, 3.63) is 66.2 Å². The Morgan fingerprint density at radius 1 is 1.14 bits per heavy atom. The molecule has 1 fully saturated rings. The molecule has 0 radical (unpaired) electrons. The summed E-state index contributed by atoms with van der Waals surface area (Å²) in [4.78, 5) is 24.4. The molecular weight excluding hydrogens is 592 g/mol. The van der Waals surface area contributed by atoms with Crippen LogP contribution in [0.5, 0.6) is 11.5 Å². The second kappa shape index (κ2) is 13.3. The number of halogens is 1. The molecule has 228 valence electrons. The zero-order valence-electron chi connectivity index (χ0n) is 24.3. The second-order valence-corrected chi connectivity index (χ2v) is 13.6. The molecule has 0 saturated carbocycles. The third kappa shape index (κ3) is 8.25. The van der Waals surface area contributed by atoms with Gasteiger partial charge in [0.05, 0.1) is 27.0 Å². The number of rotatable bonds is 10. The first-order chi connectivity index (χ1) is 20.6. The highest BCUT2D eigenvalue weighted by atomic mass is 32.2. The van der Waals surface area contributed by atoms with E-state index < -0.39 is 21.9 Å². The summed E-state index contributed by atoms with van der Waals surface area (Å²) in [5.41, 5.74) is 2.92. The summed E-state index contributed by atoms with van der Waals surface area (Å²) in [7, 11) is -3.19. The van der Waals surface area contributed by atoms with Gasteiger partial charge in [0.2, 0.25) is 10.0 Å². The van der Waals surface area contributed by atoms with E-state index >= 15 is 0 Å². The van der Waals surface area contributed by atoms with Crippen LogP contribution in [0, 0.1) is 5.82 Å². The van der Waals surface area contributed by atoms with Crippen LogP contribution in [0.15, 0.2) is 54.9 Å². The number of anilines is 1. The molecule has 1 aliphatic rings. The number of amides is 2. The number of carbonyl (C=O) groups is 1. The number of thiophene rings is 1. The topological polar surface area (TPSA) is 126 Å². The lowest BCUT2D eigenvalue weighted by molar-refractivity contribution is 0.200. The number of benzene rings is 1. The Hall–Kier alpha value is -3.65. The normalized spacial score (nSPS) is 15.3. The van der Waals surface area contributed by atoms with Crippen molar-refractivity contribution in [2.75, 3.05) is 24.7 Å². The number of carbonyl (C=O) groups excluding carboxylic acids is 1. The standard InChI is InChI=1S/C30H35FN6O4S2/c1-4-19(2)34-30(38)35-22-6-8-26(23(31)15-22)41-27-9-12-32-25-16-28(42-29(25)27)24-7-5-20(17-33-24)18-37-13-10-21(11-14-37)36-43(3,39)40/h5-9,12,15-17,19,21,36H,4,10-11,13-14,18H2,1-3H3,(H2,34,35,38). The van der Waals surface area contributed by atoms with Crippen molar-refractivity contribution in [1.82, 2.24) is 24.9 Å². The monoisotopic (exact) mass is 626 g/mol. The summed E-state index contributed by atoms with van der Waals surface area (Å²) in [5, 5.41) is 5.42. The van der Waals surface area contributed by atoms with E-state index in [9.17, 15) is 17.6 Å². The molecule has 1 aromatic carbocycles. The van der Waals surface area contributed by atoms with Crippen molar-refractivity contribution in [2.24, 2.45) is 0 Å². The van der Waals surface area contributed by atoms with Gasteiger partial charge in [-0.3, -0.25) is 14.9 Å². The molecule has 3 N–H and O–H groups in total. The van der Waals surface area contributed by atoms with Crippen molar-refractivity contribution in [2.45, 2.75) is 51.7 Å². The molecule has 2 amide bonds. The van der Waals surface area contributed by atoms with E-state index in [-0.39, 0.29) is 17.8 Å². The van der Waals surface area contributed by atoms with Gasteiger partial charge >= 0.3 is 6.03 Å². The summed E-state index contributed by atoms with van der Waals surface area (Å²) in [6.45, 7) is 6.23. The third-order valence-corrected chi connectivity index (χ3v) is 9.15. The lowest BCUT2D eigenvalue weighted by Crippen LogP contribution is -2.43. The van der Waals surface area contributed by atoms with Gasteiger partial charge in [-0.2, -0.15) is 0 Å². The number of pyridine rings is 2. The maximum absolute atomic E-state index is 14.9. The summed E-state index contributed by atoms with van der Waals surface area (Å²) >= 11 is 1.46. The first-order valence-electron chi connectivity index (χ1n) is 14.1. The van der Waals surface area contributed by atoms with Gasteiger partial charge in [0.1, 0.15) is 5.75 Å². The van der Waals surface area contributed by atoms with Gasteiger partial charge in [0, 0.05) is 61.9 Å². The molecule has 10 nitrogen and oxygen atoms in total. The van der Waals surface area contributed by atoms with Crippen molar-refractivity contribution < 1.29 is 22.3 Å². The Balaban J connectivity index is 1.23. The van der Waals surface area contributed by atoms with Crippen LogP contribution in [0.25, 0.3) is 20.8 Å². The molecule has 3 aromatic heterocycles. The highest BCUT2D eigenvalue weighted by molar-refractivity contribution is 7.88. The van der Waals surface area contributed by atoms with Crippen LogP contribution < -0.4 is 20.1 Å². The van der Waals surface area contributed by atoms with Gasteiger partial charge in [-0.1, -0.05) is 13.0 Å². The first-order valence-corrected chi connectivity index (χ1v) is 16.9. The van der Waals surface area contributed by atoms with Crippen molar-refractivity contribution in [1.29, 1.82) is 0 Å². The molecule has 0 bridgehead atoms. The number of aromatic nitrogens is 2. The summed E-state index contributed by atoms with van der Waals surface area (Å²) < 4.78 is 47.3. The van der Waals surface area contributed by atoms with E-state index in [1.54, 1.807) is 18.3 Å². The predicted molar refractivity (Wildman–Crippen MR) is 168 cm³/mol. The van der Waals surface area contributed by atoms with Crippen LogP contribution in [0.1, 0.15) is 38.7 Å². The summed E-state index contributed by atoms with van der Waals surface area (Å²) in [5.74, 6) is -0.0917. The Morgan fingerprint density at radius 3 is 2.60 bits per heavy atom. The van der Waals surface area contributed by atoms with E-state index in [0.717, 1.165) is 65.2 Å².